The number of aromatic nitrogens is 1. The zero-order valence-electron chi connectivity index (χ0n) is 14.5. The standard InChI is InChI=1S/C20H20N2O2S/c1-13-4-5-16(14(2)10-13)11-19(23)22-20-21-18(12-25-20)15-6-8-17(24-3)9-7-15/h4-10,12H,11H2,1-3H3,(H,21,22,23). The van der Waals surface area contributed by atoms with E-state index < -0.39 is 0 Å². The summed E-state index contributed by atoms with van der Waals surface area (Å²) in [5.74, 6) is 0.753. The lowest BCUT2D eigenvalue weighted by Crippen LogP contribution is -2.14. The highest BCUT2D eigenvalue weighted by molar-refractivity contribution is 7.14. The van der Waals surface area contributed by atoms with Crippen LogP contribution in [0.25, 0.3) is 11.3 Å². The van der Waals surface area contributed by atoms with Gasteiger partial charge in [-0.2, -0.15) is 0 Å². The minimum absolute atomic E-state index is 0.0532. The topological polar surface area (TPSA) is 51.2 Å². The number of ether oxygens (including phenoxy) is 1. The van der Waals surface area contributed by atoms with Gasteiger partial charge >= 0.3 is 0 Å². The molecule has 128 valence electrons. The SMILES string of the molecule is COc1ccc(-c2csc(NC(=O)Cc3ccc(C)cc3C)n2)cc1. The molecule has 0 fully saturated rings. The predicted molar refractivity (Wildman–Crippen MR) is 102 cm³/mol. The molecule has 2 aromatic carbocycles. The Balaban J connectivity index is 1.67. The molecule has 5 heteroatoms. The number of rotatable bonds is 5. The van der Waals surface area contributed by atoms with Crippen molar-refractivity contribution in [3.8, 4) is 17.0 Å². The molecule has 0 atom stereocenters. The van der Waals surface area contributed by atoms with E-state index in [-0.39, 0.29) is 5.91 Å². The number of carbonyl (C=O) groups is 1. The number of nitrogens with zero attached hydrogens (tertiary/aromatic N) is 1. The van der Waals surface area contributed by atoms with Crippen LogP contribution in [0.1, 0.15) is 16.7 Å². The number of benzene rings is 2. The van der Waals surface area contributed by atoms with Gasteiger partial charge in [0.15, 0.2) is 5.13 Å². The molecule has 1 amide bonds. The third-order valence-corrected chi connectivity index (χ3v) is 4.74. The van der Waals surface area contributed by atoms with E-state index in [1.165, 1.54) is 16.9 Å². The van der Waals surface area contributed by atoms with Gasteiger partial charge in [-0.25, -0.2) is 4.98 Å². The Kier molecular flexibility index (Phi) is 5.14. The highest BCUT2D eigenvalue weighted by atomic mass is 32.1. The average molecular weight is 352 g/mol. The Labute approximate surface area is 151 Å². The molecule has 1 aromatic heterocycles. The molecule has 0 saturated carbocycles. The highest BCUT2D eigenvalue weighted by Gasteiger charge is 2.10. The Morgan fingerprint density at radius 1 is 1.16 bits per heavy atom. The number of nitrogens with one attached hydrogen (secondary N) is 1. The van der Waals surface area contributed by atoms with Gasteiger partial charge in [0.05, 0.1) is 19.2 Å². The molecule has 0 saturated heterocycles. The second-order valence-electron chi connectivity index (χ2n) is 5.92. The van der Waals surface area contributed by atoms with Crippen LogP contribution in [0.2, 0.25) is 0 Å². The molecule has 1 heterocycles. The second kappa shape index (κ2) is 7.49. The van der Waals surface area contributed by atoms with E-state index in [9.17, 15) is 4.79 Å². The van der Waals surface area contributed by atoms with Gasteiger partial charge in [0, 0.05) is 10.9 Å². The monoisotopic (exact) mass is 352 g/mol. The summed E-state index contributed by atoms with van der Waals surface area (Å²) in [6.07, 6.45) is 0.351. The number of hydrogen-bond acceptors (Lipinski definition) is 4. The summed E-state index contributed by atoms with van der Waals surface area (Å²) in [6.45, 7) is 4.08. The van der Waals surface area contributed by atoms with E-state index in [2.05, 4.69) is 16.4 Å². The third-order valence-electron chi connectivity index (χ3n) is 3.99. The molecule has 25 heavy (non-hydrogen) atoms. The normalized spacial score (nSPS) is 10.5. The Morgan fingerprint density at radius 3 is 2.60 bits per heavy atom. The molecule has 0 aliphatic carbocycles. The van der Waals surface area contributed by atoms with E-state index in [0.29, 0.717) is 11.6 Å². The number of hydrogen-bond donors (Lipinski definition) is 1. The number of amides is 1. The highest BCUT2D eigenvalue weighted by Crippen LogP contribution is 2.26. The Bertz CT molecular complexity index is 885. The van der Waals surface area contributed by atoms with Crippen LogP contribution >= 0.6 is 11.3 Å². The third kappa shape index (κ3) is 4.25. The van der Waals surface area contributed by atoms with Crippen molar-refractivity contribution in [3.63, 3.8) is 0 Å². The summed E-state index contributed by atoms with van der Waals surface area (Å²) in [4.78, 5) is 16.8. The van der Waals surface area contributed by atoms with Gasteiger partial charge in [0.2, 0.25) is 5.91 Å². The lowest BCUT2D eigenvalue weighted by molar-refractivity contribution is -0.115. The summed E-state index contributed by atoms with van der Waals surface area (Å²) in [5, 5.41) is 5.44. The molecular weight excluding hydrogens is 332 g/mol. The molecule has 0 spiro atoms. The number of aryl methyl sites for hydroxylation is 2. The maximum Gasteiger partial charge on any atom is 0.230 e. The van der Waals surface area contributed by atoms with E-state index in [4.69, 9.17) is 4.74 Å². The van der Waals surface area contributed by atoms with Gasteiger partial charge in [-0.05, 0) is 49.2 Å². The largest absolute Gasteiger partial charge is 0.497 e. The molecule has 3 rings (SSSR count). The summed E-state index contributed by atoms with van der Waals surface area (Å²) in [7, 11) is 1.64. The fraction of sp³-hybridized carbons (Fsp3) is 0.200. The number of methoxy groups -OCH3 is 1. The molecule has 0 bridgehead atoms. The van der Waals surface area contributed by atoms with Crippen LogP contribution in [0.15, 0.2) is 47.8 Å². The minimum Gasteiger partial charge on any atom is -0.497 e. The molecule has 0 aliphatic heterocycles. The molecule has 0 aliphatic rings. The van der Waals surface area contributed by atoms with Gasteiger partial charge in [-0.15, -0.1) is 11.3 Å². The fourth-order valence-electron chi connectivity index (χ4n) is 2.61. The lowest BCUT2D eigenvalue weighted by atomic mass is 10.0. The average Bonchev–Trinajstić information content (AvgIpc) is 3.06. The second-order valence-corrected chi connectivity index (χ2v) is 6.78. The van der Waals surface area contributed by atoms with E-state index in [0.717, 1.165) is 28.1 Å². The van der Waals surface area contributed by atoms with Crippen molar-refractivity contribution >= 4 is 22.4 Å². The van der Waals surface area contributed by atoms with Crippen LogP contribution in [0.3, 0.4) is 0 Å². The van der Waals surface area contributed by atoms with Crippen molar-refractivity contribution < 1.29 is 9.53 Å². The number of thiazole rings is 1. The number of carbonyl (C=O) groups excluding carboxylic acids is 1. The maximum atomic E-state index is 12.3. The van der Waals surface area contributed by atoms with Crippen molar-refractivity contribution in [3.05, 3.63) is 64.5 Å². The van der Waals surface area contributed by atoms with E-state index in [1.807, 2.05) is 55.6 Å². The van der Waals surface area contributed by atoms with Gasteiger partial charge in [0.1, 0.15) is 5.75 Å². The Morgan fingerprint density at radius 2 is 1.92 bits per heavy atom. The van der Waals surface area contributed by atoms with Crippen molar-refractivity contribution in [2.75, 3.05) is 12.4 Å². The zero-order valence-corrected chi connectivity index (χ0v) is 15.3. The van der Waals surface area contributed by atoms with Crippen LogP contribution < -0.4 is 10.1 Å². The lowest BCUT2D eigenvalue weighted by Gasteiger charge is -2.06. The zero-order chi connectivity index (χ0) is 17.8. The molecule has 4 nitrogen and oxygen atoms in total. The summed E-state index contributed by atoms with van der Waals surface area (Å²) in [5.41, 5.74) is 5.20. The number of anilines is 1. The first-order chi connectivity index (χ1) is 12.0. The van der Waals surface area contributed by atoms with Gasteiger partial charge in [-0.3, -0.25) is 4.79 Å². The molecular formula is C20H20N2O2S. The molecule has 3 aromatic rings. The first kappa shape index (κ1) is 17.2. The van der Waals surface area contributed by atoms with Crippen molar-refractivity contribution in [1.29, 1.82) is 0 Å². The first-order valence-electron chi connectivity index (χ1n) is 8.01. The van der Waals surface area contributed by atoms with Crippen LogP contribution in [-0.4, -0.2) is 18.0 Å². The van der Waals surface area contributed by atoms with Crippen LogP contribution in [0, 0.1) is 13.8 Å². The smallest absolute Gasteiger partial charge is 0.230 e. The van der Waals surface area contributed by atoms with Gasteiger partial charge in [0.25, 0.3) is 0 Å². The van der Waals surface area contributed by atoms with Crippen molar-refractivity contribution in [2.45, 2.75) is 20.3 Å². The molecule has 1 N–H and O–H groups in total. The maximum absolute atomic E-state index is 12.3. The predicted octanol–water partition coefficient (Wildman–Crippen LogP) is 4.62. The fourth-order valence-corrected chi connectivity index (χ4v) is 3.34. The first-order valence-corrected chi connectivity index (χ1v) is 8.89. The van der Waals surface area contributed by atoms with Crippen molar-refractivity contribution in [2.24, 2.45) is 0 Å². The van der Waals surface area contributed by atoms with Crippen LogP contribution in [-0.2, 0) is 11.2 Å². The van der Waals surface area contributed by atoms with E-state index in [1.54, 1.807) is 7.11 Å². The summed E-state index contributed by atoms with van der Waals surface area (Å²) >= 11 is 1.43. The van der Waals surface area contributed by atoms with E-state index >= 15 is 0 Å². The quantitative estimate of drug-likeness (QED) is 0.729. The van der Waals surface area contributed by atoms with Gasteiger partial charge in [-0.1, -0.05) is 23.8 Å². The van der Waals surface area contributed by atoms with Crippen LogP contribution in [0.5, 0.6) is 5.75 Å². The molecule has 0 unspecified atom stereocenters. The van der Waals surface area contributed by atoms with Crippen LogP contribution in [0.4, 0.5) is 5.13 Å². The Hall–Kier alpha value is -2.66. The summed E-state index contributed by atoms with van der Waals surface area (Å²) in [6, 6.07) is 13.8. The van der Waals surface area contributed by atoms with Gasteiger partial charge < -0.3 is 10.1 Å². The minimum atomic E-state index is -0.0532. The molecule has 0 radical (unpaired) electrons. The van der Waals surface area contributed by atoms with Crippen molar-refractivity contribution in [1.82, 2.24) is 4.98 Å². The summed E-state index contributed by atoms with van der Waals surface area (Å²) < 4.78 is 5.16.